The fourth-order valence-corrected chi connectivity index (χ4v) is 4.38. The van der Waals surface area contributed by atoms with Crippen molar-refractivity contribution in [2.24, 2.45) is 0 Å². The highest BCUT2D eigenvalue weighted by Gasteiger charge is 2.26. The monoisotopic (exact) mass is 325 g/mol. The van der Waals surface area contributed by atoms with Gasteiger partial charge in [-0.25, -0.2) is 13.4 Å². The molecule has 3 heterocycles. The van der Waals surface area contributed by atoms with Crippen molar-refractivity contribution in [2.45, 2.75) is 43.1 Å². The molecule has 1 aromatic rings. The number of nitrogens with zero attached hydrogens (tertiary/aromatic N) is 2. The maximum absolute atomic E-state index is 12.5. The molecule has 0 radical (unpaired) electrons. The molecule has 3 rings (SSSR count). The number of aromatic nitrogens is 1. The summed E-state index contributed by atoms with van der Waals surface area (Å²) in [6, 6.07) is 3.36. The van der Waals surface area contributed by atoms with Crippen molar-refractivity contribution in [1.29, 1.82) is 0 Å². The van der Waals surface area contributed by atoms with Crippen LogP contribution in [0, 0.1) is 0 Å². The van der Waals surface area contributed by atoms with E-state index < -0.39 is 10.0 Å². The van der Waals surface area contributed by atoms with Crippen molar-refractivity contribution in [1.82, 2.24) is 9.29 Å². The lowest BCUT2D eigenvalue weighted by atomic mass is 10.2. The van der Waals surface area contributed by atoms with Gasteiger partial charge in [0, 0.05) is 32.4 Å². The molecule has 0 bridgehead atoms. The van der Waals surface area contributed by atoms with E-state index in [1.165, 1.54) is 6.20 Å². The predicted molar refractivity (Wildman–Crippen MR) is 84.3 cm³/mol. The smallest absolute Gasteiger partial charge is 0.244 e. The maximum Gasteiger partial charge on any atom is 0.244 e. The van der Waals surface area contributed by atoms with Crippen LogP contribution in [0.2, 0.25) is 0 Å². The van der Waals surface area contributed by atoms with Gasteiger partial charge in [-0.05, 0) is 37.8 Å². The zero-order chi connectivity index (χ0) is 15.4. The summed E-state index contributed by atoms with van der Waals surface area (Å²) in [6.07, 6.45) is 6.83. The van der Waals surface area contributed by atoms with Gasteiger partial charge < -0.3 is 10.1 Å². The summed E-state index contributed by atoms with van der Waals surface area (Å²) in [7, 11) is -3.39. The third-order valence-corrected chi connectivity index (χ3v) is 6.11. The van der Waals surface area contributed by atoms with Gasteiger partial charge in [0.2, 0.25) is 10.0 Å². The number of anilines is 1. The third-order valence-electron chi connectivity index (χ3n) is 4.22. The van der Waals surface area contributed by atoms with E-state index in [1.54, 1.807) is 16.4 Å². The lowest BCUT2D eigenvalue weighted by Crippen LogP contribution is -2.35. The average Bonchev–Trinajstić information content (AvgIpc) is 3.08. The second-order valence-electron chi connectivity index (χ2n) is 5.86. The Balaban J connectivity index is 1.62. The van der Waals surface area contributed by atoms with Crippen LogP contribution in [-0.4, -0.2) is 50.1 Å². The Morgan fingerprint density at radius 3 is 2.68 bits per heavy atom. The summed E-state index contributed by atoms with van der Waals surface area (Å²) in [5.74, 6) is 0.688. The first-order valence-corrected chi connectivity index (χ1v) is 9.42. The highest BCUT2D eigenvalue weighted by Crippen LogP contribution is 2.21. The van der Waals surface area contributed by atoms with Crippen LogP contribution in [0.5, 0.6) is 0 Å². The number of ether oxygens (including phenoxy) is 1. The van der Waals surface area contributed by atoms with Gasteiger partial charge in [-0.2, -0.15) is 4.31 Å². The van der Waals surface area contributed by atoms with Crippen molar-refractivity contribution in [2.75, 3.05) is 31.6 Å². The second kappa shape index (κ2) is 6.93. The molecule has 22 heavy (non-hydrogen) atoms. The Morgan fingerprint density at radius 2 is 2.05 bits per heavy atom. The minimum atomic E-state index is -3.39. The second-order valence-corrected chi connectivity index (χ2v) is 7.80. The van der Waals surface area contributed by atoms with E-state index in [9.17, 15) is 8.42 Å². The normalized spacial score (nSPS) is 23.5. The first kappa shape index (κ1) is 15.7. The molecule has 1 atom stereocenters. The summed E-state index contributed by atoms with van der Waals surface area (Å²) in [6.45, 7) is 2.76. The first-order chi connectivity index (χ1) is 10.7. The molecule has 6 nitrogen and oxygen atoms in total. The Labute approximate surface area is 131 Å². The SMILES string of the molecule is O=S(=O)(c1ccc(NC[C@H]2CCCO2)nc1)N1CCCCC1. The largest absolute Gasteiger partial charge is 0.376 e. The predicted octanol–water partition coefficient (Wildman–Crippen LogP) is 1.85. The lowest BCUT2D eigenvalue weighted by Gasteiger charge is -2.25. The molecule has 122 valence electrons. The van der Waals surface area contributed by atoms with Crippen LogP contribution in [0.15, 0.2) is 23.2 Å². The van der Waals surface area contributed by atoms with Crippen LogP contribution in [0.1, 0.15) is 32.1 Å². The minimum absolute atomic E-state index is 0.235. The fourth-order valence-electron chi connectivity index (χ4n) is 2.92. The Hall–Kier alpha value is -1.18. The lowest BCUT2D eigenvalue weighted by molar-refractivity contribution is 0.120. The Morgan fingerprint density at radius 1 is 1.23 bits per heavy atom. The minimum Gasteiger partial charge on any atom is -0.376 e. The van der Waals surface area contributed by atoms with E-state index in [1.807, 2.05) is 0 Å². The van der Waals surface area contributed by atoms with E-state index in [4.69, 9.17) is 4.74 Å². The van der Waals surface area contributed by atoms with Crippen LogP contribution in [0.4, 0.5) is 5.82 Å². The zero-order valence-corrected chi connectivity index (χ0v) is 13.5. The summed E-state index contributed by atoms with van der Waals surface area (Å²) in [5.41, 5.74) is 0. The van der Waals surface area contributed by atoms with E-state index >= 15 is 0 Å². The molecule has 0 amide bonds. The first-order valence-electron chi connectivity index (χ1n) is 7.98. The molecule has 2 aliphatic rings. The maximum atomic E-state index is 12.5. The van der Waals surface area contributed by atoms with Gasteiger partial charge in [0.15, 0.2) is 0 Å². The van der Waals surface area contributed by atoms with Crippen molar-refractivity contribution in [3.05, 3.63) is 18.3 Å². The number of nitrogens with one attached hydrogen (secondary N) is 1. The highest BCUT2D eigenvalue weighted by molar-refractivity contribution is 7.89. The standard InChI is InChI=1S/C15H23N3O3S/c19-22(20,18-8-2-1-3-9-18)14-6-7-15(17-12-14)16-11-13-5-4-10-21-13/h6-7,12-13H,1-5,8-11H2,(H,16,17)/t13-/m1/s1. The van der Waals surface area contributed by atoms with Gasteiger partial charge in [-0.1, -0.05) is 6.42 Å². The number of rotatable bonds is 5. The average molecular weight is 325 g/mol. The van der Waals surface area contributed by atoms with Crippen LogP contribution in [0.3, 0.4) is 0 Å². The summed E-state index contributed by atoms with van der Waals surface area (Å²) >= 11 is 0. The van der Waals surface area contributed by atoms with Gasteiger partial charge in [-0.15, -0.1) is 0 Å². The van der Waals surface area contributed by atoms with Crippen molar-refractivity contribution in [3.8, 4) is 0 Å². The van der Waals surface area contributed by atoms with E-state index in [-0.39, 0.29) is 11.0 Å². The van der Waals surface area contributed by atoms with Gasteiger partial charge in [0.1, 0.15) is 10.7 Å². The van der Waals surface area contributed by atoms with E-state index in [2.05, 4.69) is 10.3 Å². The van der Waals surface area contributed by atoms with Crippen molar-refractivity contribution in [3.63, 3.8) is 0 Å². The summed E-state index contributed by atoms with van der Waals surface area (Å²) < 4.78 is 32.1. The molecule has 0 spiro atoms. The molecular formula is C15H23N3O3S. The number of sulfonamides is 1. The van der Waals surface area contributed by atoms with Gasteiger partial charge in [0.05, 0.1) is 6.10 Å². The quantitative estimate of drug-likeness (QED) is 0.894. The van der Waals surface area contributed by atoms with Gasteiger partial charge in [0.25, 0.3) is 0 Å². The Bertz CT molecular complexity index is 577. The summed E-state index contributed by atoms with van der Waals surface area (Å²) in [5, 5.41) is 3.20. The van der Waals surface area contributed by atoms with Crippen molar-refractivity contribution >= 4 is 15.8 Å². The molecule has 0 saturated carbocycles. The molecule has 1 N–H and O–H groups in total. The zero-order valence-electron chi connectivity index (χ0n) is 12.7. The fraction of sp³-hybridized carbons (Fsp3) is 0.667. The highest BCUT2D eigenvalue weighted by atomic mass is 32.2. The van der Waals surface area contributed by atoms with Gasteiger partial charge in [-0.3, -0.25) is 0 Å². The van der Waals surface area contributed by atoms with E-state index in [0.717, 1.165) is 38.7 Å². The van der Waals surface area contributed by atoms with Crippen LogP contribution < -0.4 is 5.32 Å². The molecule has 1 aromatic heterocycles. The van der Waals surface area contributed by atoms with E-state index in [0.29, 0.717) is 25.5 Å². The molecule has 2 aliphatic heterocycles. The molecule has 2 fully saturated rings. The molecular weight excluding hydrogens is 302 g/mol. The van der Waals surface area contributed by atoms with Crippen LogP contribution in [0.25, 0.3) is 0 Å². The molecule has 7 heteroatoms. The number of hydrogen-bond donors (Lipinski definition) is 1. The topological polar surface area (TPSA) is 71.5 Å². The third kappa shape index (κ3) is 3.59. The molecule has 0 aromatic carbocycles. The Kier molecular flexibility index (Phi) is 4.95. The number of piperidine rings is 1. The van der Waals surface area contributed by atoms with Gasteiger partial charge >= 0.3 is 0 Å². The molecule has 2 saturated heterocycles. The van der Waals surface area contributed by atoms with Crippen LogP contribution >= 0.6 is 0 Å². The summed E-state index contributed by atoms with van der Waals surface area (Å²) in [4.78, 5) is 4.50. The number of pyridine rings is 1. The molecule has 0 aliphatic carbocycles. The van der Waals surface area contributed by atoms with Crippen molar-refractivity contribution < 1.29 is 13.2 Å². The molecule has 0 unspecified atom stereocenters. The number of hydrogen-bond acceptors (Lipinski definition) is 5. The van der Waals surface area contributed by atoms with Crippen LogP contribution in [-0.2, 0) is 14.8 Å².